The van der Waals surface area contributed by atoms with Gasteiger partial charge < -0.3 is 10.0 Å². The van der Waals surface area contributed by atoms with Crippen molar-refractivity contribution in [2.45, 2.75) is 13.2 Å². The van der Waals surface area contributed by atoms with Gasteiger partial charge in [-0.3, -0.25) is 0 Å². The molecule has 2 heteroatoms. The zero-order valence-electron chi connectivity index (χ0n) is 7.62. The molecular weight excluding hydrogens is 150 g/mol. The molecule has 1 aromatic carbocycles. The largest absolute Gasteiger partial charge is 0.392 e. The molecule has 0 bridgehead atoms. The molecule has 0 saturated carbocycles. The van der Waals surface area contributed by atoms with Crippen molar-refractivity contribution >= 4 is 0 Å². The van der Waals surface area contributed by atoms with Gasteiger partial charge in [0.1, 0.15) is 0 Å². The predicted molar refractivity (Wildman–Crippen MR) is 49.8 cm³/mol. The van der Waals surface area contributed by atoms with E-state index in [9.17, 15) is 0 Å². The number of hydrogen-bond acceptors (Lipinski definition) is 2. The molecule has 0 spiro atoms. The van der Waals surface area contributed by atoms with E-state index < -0.39 is 0 Å². The molecule has 0 amide bonds. The highest BCUT2D eigenvalue weighted by Crippen LogP contribution is 2.05. The van der Waals surface area contributed by atoms with Gasteiger partial charge in [-0.15, -0.1) is 0 Å². The van der Waals surface area contributed by atoms with E-state index in [1.54, 1.807) is 0 Å². The summed E-state index contributed by atoms with van der Waals surface area (Å²) >= 11 is 0. The summed E-state index contributed by atoms with van der Waals surface area (Å²) in [7, 11) is 4.08. The molecule has 66 valence electrons. The molecule has 1 aromatic rings. The molecule has 0 atom stereocenters. The molecule has 0 fully saturated rings. The molecule has 1 N–H and O–H groups in total. The van der Waals surface area contributed by atoms with E-state index >= 15 is 0 Å². The van der Waals surface area contributed by atoms with Crippen LogP contribution < -0.4 is 0 Å². The summed E-state index contributed by atoms with van der Waals surface area (Å²) in [5.74, 6) is 0. The first kappa shape index (κ1) is 9.23. The summed E-state index contributed by atoms with van der Waals surface area (Å²) in [6.07, 6.45) is 0. The highest BCUT2D eigenvalue weighted by atomic mass is 16.3. The Labute approximate surface area is 73.4 Å². The molecule has 0 heterocycles. The number of rotatable bonds is 3. The fourth-order valence-electron chi connectivity index (χ4n) is 1.12. The van der Waals surface area contributed by atoms with Crippen LogP contribution in [0.2, 0.25) is 0 Å². The molecule has 0 aliphatic carbocycles. The molecule has 0 saturated heterocycles. The SMILES string of the molecule is CN(C)Cc1ccc(CO)cc1. The molecule has 0 radical (unpaired) electrons. The lowest BCUT2D eigenvalue weighted by molar-refractivity contribution is 0.282. The molecule has 2 nitrogen and oxygen atoms in total. The van der Waals surface area contributed by atoms with Gasteiger partial charge in [-0.05, 0) is 25.2 Å². The lowest BCUT2D eigenvalue weighted by atomic mass is 10.1. The van der Waals surface area contributed by atoms with Gasteiger partial charge in [0.05, 0.1) is 6.61 Å². The predicted octanol–water partition coefficient (Wildman–Crippen LogP) is 1.24. The normalized spacial score (nSPS) is 10.7. The van der Waals surface area contributed by atoms with E-state index in [4.69, 9.17) is 5.11 Å². The first-order valence-electron chi connectivity index (χ1n) is 4.06. The number of benzene rings is 1. The van der Waals surface area contributed by atoms with Crippen molar-refractivity contribution in [3.8, 4) is 0 Å². The monoisotopic (exact) mass is 165 g/mol. The number of aliphatic hydroxyl groups is 1. The van der Waals surface area contributed by atoms with Crippen LogP contribution in [-0.4, -0.2) is 24.1 Å². The molecule has 1 rings (SSSR count). The second kappa shape index (κ2) is 4.24. The lowest BCUT2D eigenvalue weighted by Gasteiger charge is -2.09. The lowest BCUT2D eigenvalue weighted by Crippen LogP contribution is -2.10. The van der Waals surface area contributed by atoms with E-state index in [0.29, 0.717) is 0 Å². The van der Waals surface area contributed by atoms with Crippen molar-refractivity contribution in [2.24, 2.45) is 0 Å². The standard InChI is InChI=1S/C10H15NO/c1-11(2)7-9-3-5-10(8-12)6-4-9/h3-6,12H,7-8H2,1-2H3. The van der Waals surface area contributed by atoms with Crippen molar-refractivity contribution in [2.75, 3.05) is 14.1 Å². The van der Waals surface area contributed by atoms with Gasteiger partial charge in [0.2, 0.25) is 0 Å². The van der Waals surface area contributed by atoms with Crippen LogP contribution in [0.25, 0.3) is 0 Å². The minimum Gasteiger partial charge on any atom is -0.392 e. The first-order valence-corrected chi connectivity index (χ1v) is 4.06. The summed E-state index contributed by atoms with van der Waals surface area (Å²) < 4.78 is 0. The Morgan fingerprint density at radius 3 is 2.00 bits per heavy atom. The summed E-state index contributed by atoms with van der Waals surface area (Å²) in [6, 6.07) is 8.01. The molecule has 0 unspecified atom stereocenters. The maximum absolute atomic E-state index is 8.80. The molecule has 12 heavy (non-hydrogen) atoms. The van der Waals surface area contributed by atoms with Gasteiger partial charge in [0.25, 0.3) is 0 Å². The van der Waals surface area contributed by atoms with E-state index in [-0.39, 0.29) is 6.61 Å². The van der Waals surface area contributed by atoms with E-state index in [1.165, 1.54) is 5.56 Å². The average molecular weight is 165 g/mol. The van der Waals surface area contributed by atoms with Crippen LogP contribution >= 0.6 is 0 Å². The second-order valence-electron chi connectivity index (χ2n) is 3.21. The van der Waals surface area contributed by atoms with Gasteiger partial charge in [-0.25, -0.2) is 0 Å². The Morgan fingerprint density at radius 2 is 1.58 bits per heavy atom. The Balaban J connectivity index is 2.65. The number of hydrogen-bond donors (Lipinski definition) is 1. The van der Waals surface area contributed by atoms with E-state index in [1.807, 2.05) is 38.4 Å². The second-order valence-corrected chi connectivity index (χ2v) is 3.21. The first-order chi connectivity index (χ1) is 5.72. The smallest absolute Gasteiger partial charge is 0.0681 e. The third-order valence-electron chi connectivity index (χ3n) is 1.70. The third kappa shape index (κ3) is 2.64. The van der Waals surface area contributed by atoms with E-state index in [2.05, 4.69) is 4.90 Å². The minimum atomic E-state index is 0.127. The minimum absolute atomic E-state index is 0.127. The summed E-state index contributed by atoms with van der Waals surface area (Å²) in [5.41, 5.74) is 2.25. The molecule has 0 aromatic heterocycles. The van der Waals surface area contributed by atoms with Gasteiger partial charge >= 0.3 is 0 Å². The van der Waals surface area contributed by atoms with Crippen LogP contribution in [0, 0.1) is 0 Å². The van der Waals surface area contributed by atoms with Gasteiger partial charge in [0, 0.05) is 6.54 Å². The Bertz CT molecular complexity index is 228. The molecular formula is C10H15NO. The Kier molecular flexibility index (Phi) is 3.26. The third-order valence-corrected chi connectivity index (χ3v) is 1.70. The van der Waals surface area contributed by atoms with Crippen LogP contribution in [-0.2, 0) is 13.2 Å². The summed E-state index contributed by atoms with van der Waals surface area (Å²) in [5, 5.41) is 8.80. The Hall–Kier alpha value is -0.860. The Morgan fingerprint density at radius 1 is 1.08 bits per heavy atom. The highest BCUT2D eigenvalue weighted by Gasteiger charge is 1.94. The van der Waals surface area contributed by atoms with Crippen LogP contribution in [0.3, 0.4) is 0 Å². The van der Waals surface area contributed by atoms with Crippen LogP contribution in [0.4, 0.5) is 0 Å². The van der Waals surface area contributed by atoms with Crippen molar-refractivity contribution in [1.29, 1.82) is 0 Å². The number of nitrogens with zero attached hydrogens (tertiary/aromatic N) is 1. The fourth-order valence-corrected chi connectivity index (χ4v) is 1.12. The van der Waals surface area contributed by atoms with E-state index in [0.717, 1.165) is 12.1 Å². The number of aliphatic hydroxyl groups excluding tert-OH is 1. The van der Waals surface area contributed by atoms with Gasteiger partial charge in [-0.2, -0.15) is 0 Å². The van der Waals surface area contributed by atoms with Crippen LogP contribution in [0.1, 0.15) is 11.1 Å². The van der Waals surface area contributed by atoms with Crippen molar-refractivity contribution in [1.82, 2.24) is 4.90 Å². The van der Waals surface area contributed by atoms with Crippen molar-refractivity contribution in [3.63, 3.8) is 0 Å². The zero-order chi connectivity index (χ0) is 8.97. The molecule has 0 aliphatic rings. The summed E-state index contributed by atoms with van der Waals surface area (Å²) in [6.45, 7) is 1.08. The van der Waals surface area contributed by atoms with Gasteiger partial charge in [0.15, 0.2) is 0 Å². The topological polar surface area (TPSA) is 23.5 Å². The van der Waals surface area contributed by atoms with Crippen molar-refractivity contribution < 1.29 is 5.11 Å². The molecule has 0 aliphatic heterocycles. The quantitative estimate of drug-likeness (QED) is 0.728. The van der Waals surface area contributed by atoms with Crippen LogP contribution in [0.15, 0.2) is 24.3 Å². The highest BCUT2D eigenvalue weighted by molar-refractivity contribution is 5.21. The summed E-state index contributed by atoms with van der Waals surface area (Å²) in [4.78, 5) is 2.12. The fraction of sp³-hybridized carbons (Fsp3) is 0.400. The van der Waals surface area contributed by atoms with Gasteiger partial charge in [-0.1, -0.05) is 24.3 Å². The maximum atomic E-state index is 8.80. The maximum Gasteiger partial charge on any atom is 0.0681 e. The zero-order valence-corrected chi connectivity index (χ0v) is 7.62. The van der Waals surface area contributed by atoms with Crippen LogP contribution in [0.5, 0.6) is 0 Å². The average Bonchev–Trinajstić information content (AvgIpc) is 2.05. The van der Waals surface area contributed by atoms with Crippen molar-refractivity contribution in [3.05, 3.63) is 35.4 Å².